The number of benzene rings is 11. The van der Waals surface area contributed by atoms with Crippen molar-refractivity contribution in [2.24, 2.45) is 0 Å². The van der Waals surface area contributed by atoms with Crippen molar-refractivity contribution >= 4 is 75.4 Å². The van der Waals surface area contributed by atoms with Crippen LogP contribution in [0, 0.1) is 0 Å². The summed E-state index contributed by atoms with van der Waals surface area (Å²) in [6, 6.07) is 67.7. The van der Waals surface area contributed by atoms with Gasteiger partial charge in [-0.15, -0.1) is 0 Å². The molecular formula is C50H30. The van der Waals surface area contributed by atoms with E-state index < -0.39 is 0 Å². The first-order valence-corrected chi connectivity index (χ1v) is 17.4. The molecule has 230 valence electrons. The molecule has 0 N–H and O–H groups in total. The highest BCUT2D eigenvalue weighted by Gasteiger charge is 2.22. The van der Waals surface area contributed by atoms with Gasteiger partial charge in [0.15, 0.2) is 0 Å². The van der Waals surface area contributed by atoms with Crippen molar-refractivity contribution in [3.8, 4) is 33.4 Å². The molecule has 0 aliphatic heterocycles. The van der Waals surface area contributed by atoms with Crippen molar-refractivity contribution in [2.75, 3.05) is 0 Å². The molecule has 0 spiro atoms. The van der Waals surface area contributed by atoms with E-state index in [1.54, 1.807) is 0 Å². The van der Waals surface area contributed by atoms with Crippen molar-refractivity contribution in [3.63, 3.8) is 0 Å². The minimum absolute atomic E-state index is 1.24. The zero-order chi connectivity index (χ0) is 32.8. The standard InChI is InChI=1S/C50H30/c1-3-17-38-31(11-1)13-8-22-41(38)48-43-19-5-6-20-44(43)50(42-23-9-14-32-12-2-4-18-39(32)42)49-40(21-10-24-45(48)49)37-29-35-27-25-33-15-7-16-34-26-28-36(30-37)47(35)46(33)34/h1-30H. The van der Waals surface area contributed by atoms with E-state index in [0.717, 1.165) is 0 Å². The molecule has 0 aliphatic rings. The number of hydrogen-bond acceptors (Lipinski definition) is 0. The fraction of sp³-hybridized carbons (Fsp3) is 0. The fourth-order valence-corrected chi connectivity index (χ4v) is 8.84. The van der Waals surface area contributed by atoms with E-state index in [9.17, 15) is 0 Å². The summed E-state index contributed by atoms with van der Waals surface area (Å²) in [4.78, 5) is 0. The number of rotatable bonds is 3. The van der Waals surface area contributed by atoms with Gasteiger partial charge in [0.1, 0.15) is 0 Å². The van der Waals surface area contributed by atoms with Crippen LogP contribution in [-0.2, 0) is 0 Å². The maximum absolute atomic E-state index is 2.42. The SMILES string of the molecule is c1ccc2c(-c3c4ccccc4c(-c4cccc5ccccc45)c4c(-c5cc6ccc7cccc8ccc(c5)c6c78)cccc34)cccc2c1. The first-order chi connectivity index (χ1) is 24.8. The molecule has 0 saturated heterocycles. The van der Waals surface area contributed by atoms with Crippen molar-refractivity contribution in [3.05, 3.63) is 182 Å². The lowest BCUT2D eigenvalue weighted by atomic mass is 9.81. The molecule has 0 nitrogen and oxygen atoms in total. The summed E-state index contributed by atoms with van der Waals surface area (Å²) in [5.41, 5.74) is 7.60. The van der Waals surface area contributed by atoms with Crippen LogP contribution in [0.25, 0.3) is 109 Å². The van der Waals surface area contributed by atoms with Crippen molar-refractivity contribution in [1.82, 2.24) is 0 Å². The molecule has 50 heavy (non-hydrogen) atoms. The maximum Gasteiger partial charge on any atom is -0.00139 e. The Morgan fingerprint density at radius 2 is 0.620 bits per heavy atom. The average molecular weight is 631 g/mol. The minimum Gasteiger partial charge on any atom is -0.0616 e. The largest absolute Gasteiger partial charge is 0.0616 e. The quantitative estimate of drug-likeness (QED) is 0.135. The van der Waals surface area contributed by atoms with Gasteiger partial charge in [-0.25, -0.2) is 0 Å². The van der Waals surface area contributed by atoms with E-state index in [2.05, 4.69) is 182 Å². The summed E-state index contributed by atoms with van der Waals surface area (Å²) in [6.07, 6.45) is 0. The molecule has 0 saturated carbocycles. The molecule has 0 aromatic heterocycles. The average Bonchev–Trinajstić information content (AvgIpc) is 3.18. The highest BCUT2D eigenvalue weighted by Crippen LogP contribution is 2.50. The molecule has 0 aliphatic carbocycles. The Kier molecular flexibility index (Phi) is 5.76. The summed E-state index contributed by atoms with van der Waals surface area (Å²) in [5, 5.41) is 18.0. The molecule has 11 aromatic rings. The van der Waals surface area contributed by atoms with Crippen LogP contribution < -0.4 is 0 Å². The lowest BCUT2D eigenvalue weighted by molar-refractivity contribution is 1.67. The topological polar surface area (TPSA) is 0 Å². The van der Waals surface area contributed by atoms with Crippen LogP contribution in [0.5, 0.6) is 0 Å². The van der Waals surface area contributed by atoms with E-state index in [1.165, 1.54) is 109 Å². The van der Waals surface area contributed by atoms with Gasteiger partial charge in [0.2, 0.25) is 0 Å². The van der Waals surface area contributed by atoms with Crippen LogP contribution in [-0.4, -0.2) is 0 Å². The summed E-state index contributed by atoms with van der Waals surface area (Å²) in [7, 11) is 0. The van der Waals surface area contributed by atoms with Gasteiger partial charge in [0.25, 0.3) is 0 Å². The van der Waals surface area contributed by atoms with Crippen molar-refractivity contribution < 1.29 is 0 Å². The van der Waals surface area contributed by atoms with Crippen LogP contribution in [0.15, 0.2) is 182 Å². The van der Waals surface area contributed by atoms with Gasteiger partial charge in [-0.05, 0) is 121 Å². The van der Waals surface area contributed by atoms with E-state index in [0.29, 0.717) is 0 Å². The Morgan fingerprint density at radius 3 is 1.26 bits per heavy atom. The molecule has 11 rings (SSSR count). The van der Waals surface area contributed by atoms with Crippen LogP contribution in [0.4, 0.5) is 0 Å². The molecule has 0 heteroatoms. The van der Waals surface area contributed by atoms with Gasteiger partial charge >= 0.3 is 0 Å². The fourth-order valence-electron chi connectivity index (χ4n) is 8.84. The van der Waals surface area contributed by atoms with Crippen molar-refractivity contribution in [2.45, 2.75) is 0 Å². The first kappa shape index (κ1) is 27.5. The first-order valence-electron chi connectivity index (χ1n) is 17.4. The molecule has 0 amide bonds. The summed E-state index contributed by atoms with van der Waals surface area (Å²) in [5.74, 6) is 0. The Balaban J connectivity index is 1.34. The minimum atomic E-state index is 1.24. The van der Waals surface area contributed by atoms with Gasteiger partial charge in [-0.1, -0.05) is 170 Å². The van der Waals surface area contributed by atoms with Crippen LogP contribution in [0.2, 0.25) is 0 Å². The van der Waals surface area contributed by atoms with Gasteiger partial charge in [0.05, 0.1) is 0 Å². The molecule has 0 atom stereocenters. The molecule has 0 bridgehead atoms. The highest BCUT2D eigenvalue weighted by molar-refractivity contribution is 6.29. The van der Waals surface area contributed by atoms with Gasteiger partial charge in [-0.3, -0.25) is 0 Å². The predicted molar refractivity (Wildman–Crippen MR) is 216 cm³/mol. The maximum atomic E-state index is 2.42. The zero-order valence-electron chi connectivity index (χ0n) is 27.3. The van der Waals surface area contributed by atoms with Crippen molar-refractivity contribution in [1.29, 1.82) is 0 Å². The molecular weight excluding hydrogens is 601 g/mol. The highest BCUT2D eigenvalue weighted by atomic mass is 14.2. The molecule has 0 unspecified atom stereocenters. The van der Waals surface area contributed by atoms with E-state index in [4.69, 9.17) is 0 Å². The summed E-state index contributed by atoms with van der Waals surface area (Å²) in [6.45, 7) is 0. The molecule has 0 fully saturated rings. The third-order valence-electron chi connectivity index (χ3n) is 10.9. The monoisotopic (exact) mass is 630 g/mol. The lowest BCUT2D eigenvalue weighted by Gasteiger charge is -2.22. The zero-order valence-corrected chi connectivity index (χ0v) is 27.3. The van der Waals surface area contributed by atoms with Gasteiger partial charge in [0, 0.05) is 0 Å². The third-order valence-corrected chi connectivity index (χ3v) is 10.9. The number of fused-ring (bicyclic) bond motifs is 4. The predicted octanol–water partition coefficient (Wildman–Crippen LogP) is 14.2. The summed E-state index contributed by atoms with van der Waals surface area (Å²) < 4.78 is 0. The van der Waals surface area contributed by atoms with E-state index in [1.807, 2.05) is 0 Å². The summed E-state index contributed by atoms with van der Waals surface area (Å²) >= 11 is 0. The van der Waals surface area contributed by atoms with Crippen LogP contribution in [0.1, 0.15) is 0 Å². The third kappa shape index (κ3) is 3.88. The van der Waals surface area contributed by atoms with Crippen LogP contribution in [0.3, 0.4) is 0 Å². The Hall–Kier alpha value is -6.50. The molecule has 0 heterocycles. The smallest absolute Gasteiger partial charge is 0.00139 e. The van der Waals surface area contributed by atoms with Gasteiger partial charge in [-0.2, -0.15) is 0 Å². The van der Waals surface area contributed by atoms with Gasteiger partial charge < -0.3 is 0 Å². The normalized spacial score (nSPS) is 12.0. The van der Waals surface area contributed by atoms with E-state index in [-0.39, 0.29) is 0 Å². The second kappa shape index (κ2) is 10.5. The van der Waals surface area contributed by atoms with Crippen LogP contribution >= 0.6 is 0 Å². The second-order valence-corrected chi connectivity index (χ2v) is 13.6. The Morgan fingerprint density at radius 1 is 0.220 bits per heavy atom. The Bertz CT molecular complexity index is 3070. The van der Waals surface area contributed by atoms with E-state index >= 15 is 0 Å². The second-order valence-electron chi connectivity index (χ2n) is 13.6. The Labute approximate surface area is 289 Å². The molecule has 11 aromatic carbocycles. The number of hydrogen-bond donors (Lipinski definition) is 0. The lowest BCUT2D eigenvalue weighted by Crippen LogP contribution is -1.94. The molecule has 0 radical (unpaired) electrons.